The van der Waals surface area contributed by atoms with Crippen LogP contribution >= 0.6 is 0 Å². The normalized spacial score (nSPS) is 32.3. The molecule has 0 aromatic rings. The molecule has 0 aromatic carbocycles. The lowest BCUT2D eigenvalue weighted by Crippen LogP contribution is -2.47. The fourth-order valence-electron chi connectivity index (χ4n) is 2.97. The number of hydrogen-bond donors (Lipinski definition) is 2. The van der Waals surface area contributed by atoms with Gasteiger partial charge >= 0.3 is 0 Å². The molecule has 0 aliphatic carbocycles. The summed E-state index contributed by atoms with van der Waals surface area (Å²) >= 11 is 0. The SMILES string of the molecule is CNC(=O)C1CCCN(C(=O)C2CNCC2C)C1. The van der Waals surface area contributed by atoms with Crippen LogP contribution in [0.2, 0.25) is 0 Å². The Morgan fingerprint density at radius 2 is 2.11 bits per heavy atom. The molecule has 0 bridgehead atoms. The molecule has 2 aliphatic rings. The van der Waals surface area contributed by atoms with Gasteiger partial charge in [-0.05, 0) is 25.3 Å². The third kappa shape index (κ3) is 2.66. The van der Waals surface area contributed by atoms with Crippen molar-refractivity contribution in [3.63, 3.8) is 0 Å². The van der Waals surface area contributed by atoms with Crippen LogP contribution in [0.4, 0.5) is 0 Å². The number of piperidine rings is 1. The number of carbonyl (C=O) groups is 2. The minimum absolute atomic E-state index is 0.0302. The molecule has 5 nitrogen and oxygen atoms in total. The molecule has 3 atom stereocenters. The summed E-state index contributed by atoms with van der Waals surface area (Å²) in [6.45, 7) is 5.20. The van der Waals surface area contributed by atoms with E-state index in [0.717, 1.165) is 32.5 Å². The predicted octanol–water partition coefficient (Wildman–Crippen LogP) is -0.173. The van der Waals surface area contributed by atoms with Crippen molar-refractivity contribution in [3.8, 4) is 0 Å². The van der Waals surface area contributed by atoms with E-state index in [-0.39, 0.29) is 23.7 Å². The van der Waals surface area contributed by atoms with Gasteiger partial charge in [-0.25, -0.2) is 0 Å². The smallest absolute Gasteiger partial charge is 0.227 e. The van der Waals surface area contributed by atoms with Crippen molar-refractivity contribution >= 4 is 11.8 Å². The van der Waals surface area contributed by atoms with Gasteiger partial charge in [0.15, 0.2) is 0 Å². The van der Waals surface area contributed by atoms with Gasteiger partial charge in [-0.15, -0.1) is 0 Å². The van der Waals surface area contributed by atoms with Gasteiger partial charge in [-0.2, -0.15) is 0 Å². The first-order chi connectivity index (χ1) is 8.63. The second kappa shape index (κ2) is 5.69. The predicted molar refractivity (Wildman–Crippen MR) is 68.9 cm³/mol. The van der Waals surface area contributed by atoms with Crippen molar-refractivity contribution in [3.05, 3.63) is 0 Å². The average molecular weight is 253 g/mol. The van der Waals surface area contributed by atoms with E-state index >= 15 is 0 Å². The summed E-state index contributed by atoms with van der Waals surface area (Å²) in [5.41, 5.74) is 0. The maximum atomic E-state index is 12.4. The van der Waals surface area contributed by atoms with Crippen molar-refractivity contribution in [1.29, 1.82) is 0 Å². The van der Waals surface area contributed by atoms with Crippen LogP contribution in [0, 0.1) is 17.8 Å². The topological polar surface area (TPSA) is 61.4 Å². The van der Waals surface area contributed by atoms with Gasteiger partial charge < -0.3 is 15.5 Å². The largest absolute Gasteiger partial charge is 0.359 e. The van der Waals surface area contributed by atoms with Crippen LogP contribution in [0.5, 0.6) is 0 Å². The van der Waals surface area contributed by atoms with Crippen LogP contribution in [0.15, 0.2) is 0 Å². The maximum Gasteiger partial charge on any atom is 0.227 e. The first-order valence-corrected chi connectivity index (χ1v) is 6.84. The highest BCUT2D eigenvalue weighted by Crippen LogP contribution is 2.23. The van der Waals surface area contributed by atoms with Crippen LogP contribution in [0.25, 0.3) is 0 Å². The van der Waals surface area contributed by atoms with Gasteiger partial charge in [0.05, 0.1) is 11.8 Å². The van der Waals surface area contributed by atoms with Gasteiger partial charge in [-0.1, -0.05) is 6.92 Å². The standard InChI is InChI=1S/C13H23N3O2/c1-9-6-15-7-11(9)13(18)16-5-3-4-10(8-16)12(17)14-2/h9-11,15H,3-8H2,1-2H3,(H,14,17). The lowest BCUT2D eigenvalue weighted by atomic mass is 9.92. The van der Waals surface area contributed by atoms with Crippen molar-refractivity contribution in [2.45, 2.75) is 19.8 Å². The highest BCUT2D eigenvalue weighted by molar-refractivity contribution is 5.82. The first-order valence-electron chi connectivity index (χ1n) is 6.84. The fraction of sp³-hybridized carbons (Fsp3) is 0.846. The molecular weight excluding hydrogens is 230 g/mol. The molecule has 2 N–H and O–H groups in total. The summed E-state index contributed by atoms with van der Waals surface area (Å²) in [6, 6.07) is 0. The molecule has 102 valence electrons. The zero-order valence-electron chi connectivity index (χ0n) is 11.2. The molecule has 0 radical (unpaired) electrons. The Labute approximate surface area is 108 Å². The Kier molecular flexibility index (Phi) is 4.22. The van der Waals surface area contributed by atoms with Crippen LogP contribution in [0.1, 0.15) is 19.8 Å². The molecule has 2 heterocycles. The summed E-state index contributed by atoms with van der Waals surface area (Å²) in [4.78, 5) is 26.0. The van der Waals surface area contributed by atoms with Crippen LogP contribution in [0.3, 0.4) is 0 Å². The number of amides is 2. The van der Waals surface area contributed by atoms with Crippen LogP contribution in [-0.2, 0) is 9.59 Å². The summed E-state index contributed by atoms with van der Waals surface area (Å²) in [5, 5.41) is 5.94. The maximum absolute atomic E-state index is 12.4. The first kappa shape index (κ1) is 13.3. The second-order valence-electron chi connectivity index (χ2n) is 5.48. The fourth-order valence-corrected chi connectivity index (χ4v) is 2.97. The number of nitrogens with one attached hydrogen (secondary N) is 2. The molecule has 2 amide bonds. The quantitative estimate of drug-likeness (QED) is 0.718. The molecule has 0 aromatic heterocycles. The molecular formula is C13H23N3O2. The number of rotatable bonds is 2. The van der Waals surface area contributed by atoms with E-state index in [1.165, 1.54) is 0 Å². The average Bonchev–Trinajstić information content (AvgIpc) is 2.83. The number of nitrogens with zero attached hydrogens (tertiary/aromatic N) is 1. The lowest BCUT2D eigenvalue weighted by Gasteiger charge is -2.34. The summed E-state index contributed by atoms with van der Waals surface area (Å²) in [5.74, 6) is 0.745. The van der Waals surface area contributed by atoms with E-state index < -0.39 is 0 Å². The van der Waals surface area contributed by atoms with E-state index in [0.29, 0.717) is 12.5 Å². The lowest BCUT2D eigenvalue weighted by molar-refractivity contribution is -0.139. The van der Waals surface area contributed by atoms with Crippen molar-refractivity contribution in [2.24, 2.45) is 17.8 Å². The van der Waals surface area contributed by atoms with Crippen molar-refractivity contribution in [2.75, 3.05) is 33.2 Å². The Hall–Kier alpha value is -1.10. The monoisotopic (exact) mass is 253 g/mol. The van der Waals surface area contributed by atoms with E-state index in [9.17, 15) is 9.59 Å². The van der Waals surface area contributed by atoms with E-state index in [1.54, 1.807) is 7.05 Å². The zero-order chi connectivity index (χ0) is 13.1. The highest BCUT2D eigenvalue weighted by Gasteiger charge is 2.35. The van der Waals surface area contributed by atoms with Gasteiger partial charge in [0, 0.05) is 26.7 Å². The van der Waals surface area contributed by atoms with Gasteiger partial charge in [-0.3, -0.25) is 9.59 Å². The highest BCUT2D eigenvalue weighted by atomic mass is 16.2. The third-order valence-corrected chi connectivity index (χ3v) is 4.18. The van der Waals surface area contributed by atoms with E-state index in [4.69, 9.17) is 0 Å². The molecule has 18 heavy (non-hydrogen) atoms. The third-order valence-electron chi connectivity index (χ3n) is 4.18. The number of likely N-dealkylation sites (tertiary alicyclic amines) is 1. The van der Waals surface area contributed by atoms with Gasteiger partial charge in [0.25, 0.3) is 0 Å². The Morgan fingerprint density at radius 1 is 1.33 bits per heavy atom. The Bertz CT molecular complexity index is 332. The summed E-state index contributed by atoms with van der Waals surface area (Å²) in [7, 11) is 1.66. The molecule has 0 spiro atoms. The zero-order valence-corrected chi connectivity index (χ0v) is 11.2. The molecule has 2 fully saturated rings. The molecule has 2 rings (SSSR count). The van der Waals surface area contributed by atoms with Gasteiger partial charge in [0.1, 0.15) is 0 Å². The van der Waals surface area contributed by atoms with Crippen molar-refractivity contribution in [1.82, 2.24) is 15.5 Å². The molecule has 2 aliphatic heterocycles. The molecule has 3 unspecified atom stereocenters. The van der Waals surface area contributed by atoms with Crippen molar-refractivity contribution < 1.29 is 9.59 Å². The Morgan fingerprint density at radius 3 is 2.72 bits per heavy atom. The van der Waals surface area contributed by atoms with Gasteiger partial charge in [0.2, 0.25) is 11.8 Å². The summed E-state index contributed by atoms with van der Waals surface area (Å²) in [6.07, 6.45) is 1.82. The number of carbonyl (C=O) groups excluding carboxylic acids is 2. The second-order valence-corrected chi connectivity index (χ2v) is 5.48. The van der Waals surface area contributed by atoms with E-state index in [2.05, 4.69) is 17.6 Å². The van der Waals surface area contributed by atoms with E-state index in [1.807, 2.05) is 4.90 Å². The summed E-state index contributed by atoms with van der Waals surface area (Å²) < 4.78 is 0. The minimum Gasteiger partial charge on any atom is -0.359 e. The Balaban J connectivity index is 1.96. The number of hydrogen-bond acceptors (Lipinski definition) is 3. The minimum atomic E-state index is -0.0302. The van der Waals surface area contributed by atoms with Crippen LogP contribution in [-0.4, -0.2) is 49.9 Å². The van der Waals surface area contributed by atoms with Crippen LogP contribution < -0.4 is 10.6 Å². The molecule has 2 saturated heterocycles. The molecule has 5 heteroatoms. The molecule has 0 saturated carbocycles.